The Labute approximate surface area is 453 Å². The van der Waals surface area contributed by atoms with E-state index >= 15 is 0 Å². The lowest BCUT2D eigenvalue weighted by atomic mass is 10.0. The first-order valence-electron chi connectivity index (χ1n) is 26.1. The molecule has 8 amide bonds. The molecule has 0 saturated carbocycles. The Hall–Kier alpha value is -7.55. The monoisotopic (exact) mass is 1100 g/mol. The van der Waals surface area contributed by atoms with Crippen molar-refractivity contribution < 1.29 is 68.1 Å². The van der Waals surface area contributed by atoms with Gasteiger partial charge >= 0.3 is 17.9 Å². The van der Waals surface area contributed by atoms with Crippen molar-refractivity contribution in [3.05, 3.63) is 71.8 Å². The summed E-state index contributed by atoms with van der Waals surface area (Å²) in [6.45, 7) is 3.42. The molecule has 0 aliphatic carbocycles. The molecule has 0 fully saturated rings. The molecule has 0 aromatic heterocycles. The average molecular weight is 1100 g/mol. The maximum atomic E-state index is 14.4. The van der Waals surface area contributed by atoms with Crippen LogP contribution in [0, 0.1) is 0 Å². The van der Waals surface area contributed by atoms with Crippen LogP contribution in [0.15, 0.2) is 60.7 Å². The summed E-state index contributed by atoms with van der Waals surface area (Å²) in [6, 6.07) is 4.78. The number of aliphatic carboxylic acids is 3. The fourth-order valence-electron chi connectivity index (χ4n) is 7.79. The molecule has 0 aliphatic heterocycles. The molecule has 26 heteroatoms. The van der Waals surface area contributed by atoms with Crippen molar-refractivity contribution in [2.75, 3.05) is 19.6 Å². The number of benzene rings is 2. The van der Waals surface area contributed by atoms with Crippen molar-refractivity contribution in [2.24, 2.45) is 22.9 Å². The summed E-state index contributed by atoms with van der Waals surface area (Å²) >= 11 is 0. The number of rotatable bonds is 39. The van der Waals surface area contributed by atoms with Crippen LogP contribution in [-0.4, -0.2) is 154 Å². The van der Waals surface area contributed by atoms with E-state index in [2.05, 4.69) is 42.5 Å². The minimum Gasteiger partial charge on any atom is -0.481 e. The topological polar surface area (TPSA) is 449 Å². The molecule has 2 aromatic carbocycles. The van der Waals surface area contributed by atoms with Crippen LogP contribution >= 0.6 is 0 Å². The third-order valence-corrected chi connectivity index (χ3v) is 12.3. The molecule has 0 heterocycles. The van der Waals surface area contributed by atoms with Gasteiger partial charge in [0.15, 0.2) is 0 Å². The zero-order valence-corrected chi connectivity index (χ0v) is 44.3. The van der Waals surface area contributed by atoms with E-state index in [1.165, 1.54) is 13.8 Å². The molecule has 78 heavy (non-hydrogen) atoms. The molecule has 9 atom stereocenters. The van der Waals surface area contributed by atoms with E-state index in [4.69, 9.17) is 28.0 Å². The number of carboxylic acid groups (broad SMARTS) is 3. The van der Waals surface area contributed by atoms with Gasteiger partial charge in [0.2, 0.25) is 47.3 Å². The summed E-state index contributed by atoms with van der Waals surface area (Å²) in [5, 5.41) is 48.7. The van der Waals surface area contributed by atoms with E-state index in [1.54, 1.807) is 60.7 Å². The quantitative estimate of drug-likeness (QED) is 0.0319. The van der Waals surface area contributed by atoms with Crippen molar-refractivity contribution in [1.82, 2.24) is 42.5 Å². The van der Waals surface area contributed by atoms with E-state index < -0.39 is 132 Å². The van der Waals surface area contributed by atoms with Crippen LogP contribution in [0.1, 0.15) is 108 Å². The van der Waals surface area contributed by atoms with Crippen LogP contribution in [0.3, 0.4) is 0 Å². The van der Waals surface area contributed by atoms with E-state index in [-0.39, 0.29) is 58.0 Å². The van der Waals surface area contributed by atoms with Gasteiger partial charge in [-0.1, -0.05) is 60.7 Å². The summed E-state index contributed by atoms with van der Waals surface area (Å²) in [5.74, 6) is -10.7. The van der Waals surface area contributed by atoms with Gasteiger partial charge in [-0.15, -0.1) is 0 Å². The molecule has 432 valence electrons. The van der Waals surface area contributed by atoms with Gasteiger partial charge in [0, 0.05) is 25.7 Å². The van der Waals surface area contributed by atoms with Gasteiger partial charge in [-0.05, 0) is 115 Å². The fraction of sp³-hybridized carbons (Fsp3) is 0.558. The maximum Gasteiger partial charge on any atom is 0.326 e. The van der Waals surface area contributed by atoms with Crippen LogP contribution in [0.5, 0.6) is 0 Å². The van der Waals surface area contributed by atoms with E-state index in [0.29, 0.717) is 56.2 Å². The largest absolute Gasteiger partial charge is 0.481 e. The number of carboxylic acids is 3. The summed E-state index contributed by atoms with van der Waals surface area (Å²) in [7, 11) is 0. The van der Waals surface area contributed by atoms with Crippen molar-refractivity contribution >= 4 is 65.2 Å². The second-order valence-corrected chi connectivity index (χ2v) is 18.9. The van der Waals surface area contributed by atoms with E-state index in [9.17, 15) is 63.0 Å². The standard InChI is InChI=1S/C52H80N12O14/c1-31(57-46(71)35(56)22-24-42(65)66)44(69)59-36(19-9-12-26-53)48(73)60-37(20-10-13-27-54)49(74)64-41(30-34-17-7-4-8-18-34)50(75)61-38(23-25-43(67)68)47(72)58-32(2)45(70)63-40(29-33-15-5-3-6-16-33)51(76)62-39(52(77)78)21-11-14-28-55/h3-8,15-18,31-32,35-41H,9-14,19-30,53-56H2,1-2H3,(H,57,71)(H,58,72)(H,59,69)(H,60,73)(H,61,75)(H,62,76)(H,63,70)(H,64,74)(H,65,66)(H,67,68)(H,77,78)/t31-,32-,35-,36-,37-,38-,39-,40-,41-/m0/s1. The molecular weight excluding hydrogens is 1020 g/mol. The highest BCUT2D eigenvalue weighted by atomic mass is 16.4. The number of nitrogens with one attached hydrogen (secondary N) is 8. The van der Waals surface area contributed by atoms with Gasteiger partial charge in [-0.25, -0.2) is 4.79 Å². The Bertz CT molecular complexity index is 2280. The van der Waals surface area contributed by atoms with Crippen LogP contribution in [0.25, 0.3) is 0 Å². The van der Waals surface area contributed by atoms with Crippen molar-refractivity contribution in [2.45, 2.75) is 165 Å². The molecular formula is C52H80N12O14. The average Bonchev–Trinajstić information content (AvgIpc) is 3.40. The molecule has 0 saturated heterocycles. The van der Waals surface area contributed by atoms with Gasteiger partial charge < -0.3 is 80.8 Å². The smallest absolute Gasteiger partial charge is 0.326 e. The normalized spacial score (nSPS) is 14.4. The Morgan fingerprint density at radius 3 is 1.09 bits per heavy atom. The Kier molecular flexibility index (Phi) is 31.1. The molecule has 2 rings (SSSR count). The second kappa shape index (κ2) is 36.5. The lowest BCUT2D eigenvalue weighted by Gasteiger charge is -2.27. The van der Waals surface area contributed by atoms with Gasteiger partial charge in [-0.3, -0.25) is 47.9 Å². The van der Waals surface area contributed by atoms with E-state index in [1.807, 2.05) is 0 Å². The SMILES string of the molecule is C[C@H](NC(=O)[C@H](CCC(=O)O)NC(=O)[C@H](Cc1ccccc1)NC(=O)[C@H](CCCCN)NC(=O)[C@H](CCCCN)NC(=O)[C@H](C)NC(=O)[C@@H](N)CCC(=O)O)C(=O)N[C@@H](Cc1ccccc1)C(=O)N[C@@H](CCCCN)C(=O)O. The third-order valence-electron chi connectivity index (χ3n) is 12.3. The molecule has 0 spiro atoms. The number of unbranched alkanes of at least 4 members (excludes halogenated alkanes) is 3. The van der Waals surface area contributed by atoms with Gasteiger partial charge in [0.1, 0.15) is 48.3 Å². The number of carbonyl (C=O) groups is 11. The first kappa shape index (κ1) is 66.6. The highest BCUT2D eigenvalue weighted by molar-refractivity contribution is 5.98. The van der Waals surface area contributed by atoms with Crippen LogP contribution < -0.4 is 65.5 Å². The zero-order chi connectivity index (χ0) is 58.2. The van der Waals surface area contributed by atoms with Crippen LogP contribution in [0.2, 0.25) is 0 Å². The molecule has 26 nitrogen and oxygen atoms in total. The van der Waals surface area contributed by atoms with Gasteiger partial charge in [0.05, 0.1) is 6.04 Å². The molecule has 19 N–H and O–H groups in total. The minimum atomic E-state index is -1.61. The summed E-state index contributed by atoms with van der Waals surface area (Å²) < 4.78 is 0. The second-order valence-electron chi connectivity index (χ2n) is 18.9. The molecule has 0 bridgehead atoms. The van der Waals surface area contributed by atoms with Crippen molar-refractivity contribution in [3.8, 4) is 0 Å². The fourth-order valence-corrected chi connectivity index (χ4v) is 7.79. The lowest BCUT2D eigenvalue weighted by Crippen LogP contribution is -2.60. The predicted molar refractivity (Wildman–Crippen MR) is 285 cm³/mol. The number of hydrogen-bond donors (Lipinski definition) is 15. The number of carbonyl (C=O) groups excluding carboxylic acids is 8. The highest BCUT2D eigenvalue weighted by Gasteiger charge is 2.34. The summed E-state index contributed by atoms with van der Waals surface area (Å²) in [5.41, 5.74) is 24.0. The first-order valence-corrected chi connectivity index (χ1v) is 26.1. The number of hydrogen-bond acceptors (Lipinski definition) is 15. The van der Waals surface area contributed by atoms with Gasteiger partial charge in [-0.2, -0.15) is 0 Å². The zero-order valence-electron chi connectivity index (χ0n) is 44.3. The summed E-state index contributed by atoms with van der Waals surface area (Å²) in [6.07, 6.45) is 0.667. The molecule has 2 aromatic rings. The maximum absolute atomic E-state index is 14.4. The number of nitrogens with two attached hydrogens (primary N) is 4. The highest BCUT2D eigenvalue weighted by Crippen LogP contribution is 2.12. The van der Waals surface area contributed by atoms with Crippen molar-refractivity contribution in [1.29, 1.82) is 0 Å². The number of amides is 8. The van der Waals surface area contributed by atoms with Crippen LogP contribution in [0.4, 0.5) is 0 Å². The molecule has 0 aliphatic rings. The molecule has 0 unspecified atom stereocenters. The van der Waals surface area contributed by atoms with Crippen LogP contribution in [-0.2, 0) is 65.6 Å². The Balaban J connectivity index is 2.41. The van der Waals surface area contributed by atoms with Crippen molar-refractivity contribution in [3.63, 3.8) is 0 Å². The predicted octanol–water partition coefficient (Wildman–Crippen LogP) is -2.08. The Morgan fingerprint density at radius 1 is 0.385 bits per heavy atom. The van der Waals surface area contributed by atoms with E-state index in [0.717, 1.165) is 0 Å². The minimum absolute atomic E-state index is 0.00496. The Morgan fingerprint density at radius 2 is 0.692 bits per heavy atom. The summed E-state index contributed by atoms with van der Waals surface area (Å²) in [4.78, 5) is 145. The molecule has 0 radical (unpaired) electrons. The third kappa shape index (κ3) is 26.0. The first-order chi connectivity index (χ1) is 37.1. The van der Waals surface area contributed by atoms with Gasteiger partial charge in [0.25, 0.3) is 0 Å². The lowest BCUT2D eigenvalue weighted by molar-refractivity contribution is -0.142.